The number of fused-ring (bicyclic) bond motifs is 1. The zero-order valence-electron chi connectivity index (χ0n) is 10.6. The molecule has 0 atom stereocenters. The Morgan fingerprint density at radius 1 is 0.944 bits per heavy atom. The first-order valence-electron chi connectivity index (χ1n) is 5.98. The van der Waals surface area contributed by atoms with Crippen molar-refractivity contribution in [3.8, 4) is 11.3 Å². The van der Waals surface area contributed by atoms with E-state index >= 15 is 0 Å². The predicted molar refractivity (Wildman–Crippen MR) is 80.1 cm³/mol. The highest BCUT2D eigenvalue weighted by Gasteiger charge is 2.06. The Labute approximate surface area is 111 Å². The zero-order chi connectivity index (χ0) is 12.5. The van der Waals surface area contributed by atoms with E-state index in [9.17, 15) is 0 Å². The van der Waals surface area contributed by atoms with Crippen molar-refractivity contribution >= 4 is 22.7 Å². The molecule has 0 unspecified atom stereocenters. The largest absolute Gasteiger partial charge is 0.344 e. The summed E-state index contributed by atoms with van der Waals surface area (Å²) in [7, 11) is 2.13. The van der Waals surface area contributed by atoms with Crippen LogP contribution < -0.4 is 0 Å². The van der Waals surface area contributed by atoms with Crippen molar-refractivity contribution in [2.75, 3.05) is 6.26 Å². The normalized spacial score (nSPS) is 11.0. The first-order valence-corrected chi connectivity index (χ1v) is 7.21. The molecule has 90 valence electrons. The zero-order valence-corrected chi connectivity index (χ0v) is 11.4. The number of hydrogen-bond acceptors (Lipinski definition) is 1. The summed E-state index contributed by atoms with van der Waals surface area (Å²) in [5.41, 5.74) is 3.82. The molecule has 0 bridgehead atoms. The average molecular weight is 253 g/mol. The van der Waals surface area contributed by atoms with Gasteiger partial charge in [-0.25, -0.2) is 0 Å². The van der Waals surface area contributed by atoms with Gasteiger partial charge >= 0.3 is 0 Å². The highest BCUT2D eigenvalue weighted by molar-refractivity contribution is 7.98. The van der Waals surface area contributed by atoms with E-state index in [4.69, 9.17) is 0 Å². The van der Waals surface area contributed by atoms with E-state index in [1.807, 2.05) is 0 Å². The summed E-state index contributed by atoms with van der Waals surface area (Å²) >= 11 is 1.78. The van der Waals surface area contributed by atoms with Gasteiger partial charge in [0, 0.05) is 28.5 Å². The van der Waals surface area contributed by atoms with Crippen LogP contribution in [0.2, 0.25) is 0 Å². The van der Waals surface area contributed by atoms with Crippen LogP contribution in [0, 0.1) is 0 Å². The lowest BCUT2D eigenvalue weighted by Gasteiger charge is -2.05. The molecule has 0 saturated heterocycles. The van der Waals surface area contributed by atoms with Crippen molar-refractivity contribution < 1.29 is 0 Å². The topological polar surface area (TPSA) is 4.93 Å². The van der Waals surface area contributed by atoms with Gasteiger partial charge in [0.25, 0.3) is 0 Å². The molecular formula is C16H15NS. The lowest BCUT2D eigenvalue weighted by atomic mass is 10.1. The van der Waals surface area contributed by atoms with Crippen molar-refractivity contribution in [3.63, 3.8) is 0 Å². The summed E-state index contributed by atoms with van der Waals surface area (Å²) in [6, 6.07) is 19.5. The quantitative estimate of drug-likeness (QED) is 0.606. The molecule has 1 heterocycles. The fourth-order valence-electron chi connectivity index (χ4n) is 2.33. The Balaban J connectivity index is 2.15. The summed E-state index contributed by atoms with van der Waals surface area (Å²) in [6.45, 7) is 0. The summed E-state index contributed by atoms with van der Waals surface area (Å²) in [4.78, 5) is 1.30. The smallest absolute Gasteiger partial charge is 0.0488 e. The summed E-state index contributed by atoms with van der Waals surface area (Å²) < 4.78 is 2.25. The first-order chi connectivity index (χ1) is 8.79. The lowest BCUT2D eigenvalue weighted by molar-refractivity contribution is 0.978. The summed E-state index contributed by atoms with van der Waals surface area (Å²) in [5.74, 6) is 0. The number of benzene rings is 2. The minimum absolute atomic E-state index is 1.27. The third kappa shape index (κ3) is 1.83. The van der Waals surface area contributed by atoms with Gasteiger partial charge < -0.3 is 4.57 Å². The number of aromatic nitrogens is 1. The number of thioether (sulfide) groups is 1. The first kappa shape index (κ1) is 11.4. The van der Waals surface area contributed by atoms with Crippen LogP contribution in [-0.4, -0.2) is 10.8 Å². The maximum absolute atomic E-state index is 2.25. The van der Waals surface area contributed by atoms with Crippen LogP contribution in [0.5, 0.6) is 0 Å². The van der Waals surface area contributed by atoms with Crippen LogP contribution in [0.25, 0.3) is 22.2 Å². The van der Waals surface area contributed by atoms with Gasteiger partial charge in [0.1, 0.15) is 0 Å². The minimum atomic E-state index is 1.27. The summed E-state index contributed by atoms with van der Waals surface area (Å²) in [5, 5.41) is 1.30. The second kappa shape index (κ2) is 4.54. The molecule has 2 heteroatoms. The molecule has 1 nitrogen and oxygen atoms in total. The maximum Gasteiger partial charge on any atom is 0.0488 e. The standard InChI is InChI=1S/C16H15NS/c1-17-15-6-4-3-5-13(15)11-16(17)12-7-9-14(18-2)10-8-12/h3-11H,1-2H3. The van der Waals surface area contributed by atoms with Crippen LogP contribution in [0.4, 0.5) is 0 Å². The molecule has 18 heavy (non-hydrogen) atoms. The van der Waals surface area contributed by atoms with Gasteiger partial charge in [-0.05, 0) is 36.1 Å². The second-order valence-electron chi connectivity index (χ2n) is 4.38. The van der Waals surface area contributed by atoms with Crippen LogP contribution in [0.15, 0.2) is 59.5 Å². The fourth-order valence-corrected chi connectivity index (χ4v) is 2.74. The Bertz CT molecular complexity index is 680. The molecule has 0 radical (unpaired) electrons. The Morgan fingerprint density at radius 2 is 1.67 bits per heavy atom. The van der Waals surface area contributed by atoms with Gasteiger partial charge in [-0.1, -0.05) is 30.3 Å². The number of aryl methyl sites for hydroxylation is 1. The highest BCUT2D eigenvalue weighted by atomic mass is 32.2. The average Bonchev–Trinajstić information content (AvgIpc) is 2.77. The molecule has 3 aromatic rings. The van der Waals surface area contributed by atoms with Gasteiger partial charge in [0.2, 0.25) is 0 Å². The lowest BCUT2D eigenvalue weighted by Crippen LogP contribution is -1.90. The predicted octanol–water partition coefficient (Wildman–Crippen LogP) is 4.57. The molecule has 0 aliphatic rings. The van der Waals surface area contributed by atoms with Crippen LogP contribution in [-0.2, 0) is 7.05 Å². The molecule has 0 spiro atoms. The van der Waals surface area contributed by atoms with Crippen molar-refractivity contribution in [3.05, 3.63) is 54.6 Å². The molecule has 0 fully saturated rings. The molecule has 1 aromatic heterocycles. The molecule has 0 N–H and O–H groups in total. The van der Waals surface area contributed by atoms with E-state index in [2.05, 4.69) is 72.5 Å². The van der Waals surface area contributed by atoms with E-state index in [0.29, 0.717) is 0 Å². The van der Waals surface area contributed by atoms with Gasteiger partial charge in [0.05, 0.1) is 0 Å². The molecule has 0 amide bonds. The maximum atomic E-state index is 2.25. The Morgan fingerprint density at radius 3 is 2.33 bits per heavy atom. The van der Waals surface area contributed by atoms with Gasteiger partial charge in [-0.3, -0.25) is 0 Å². The molecule has 3 rings (SSSR count). The van der Waals surface area contributed by atoms with E-state index < -0.39 is 0 Å². The van der Waals surface area contributed by atoms with Gasteiger partial charge in [-0.15, -0.1) is 11.8 Å². The SMILES string of the molecule is CSc1ccc(-c2cc3ccccc3n2C)cc1. The molecule has 0 saturated carbocycles. The number of para-hydroxylation sites is 1. The summed E-state index contributed by atoms with van der Waals surface area (Å²) in [6.07, 6.45) is 2.10. The number of hydrogen-bond donors (Lipinski definition) is 0. The van der Waals surface area contributed by atoms with Gasteiger partial charge in [-0.2, -0.15) is 0 Å². The second-order valence-corrected chi connectivity index (χ2v) is 5.26. The van der Waals surface area contributed by atoms with E-state index in [1.54, 1.807) is 11.8 Å². The Kier molecular flexibility index (Phi) is 2.88. The fraction of sp³-hybridized carbons (Fsp3) is 0.125. The van der Waals surface area contributed by atoms with E-state index in [0.717, 1.165) is 0 Å². The number of rotatable bonds is 2. The minimum Gasteiger partial charge on any atom is -0.344 e. The Hall–Kier alpha value is -1.67. The van der Waals surface area contributed by atoms with E-state index in [1.165, 1.54) is 27.1 Å². The van der Waals surface area contributed by atoms with Crippen molar-refractivity contribution in [2.24, 2.45) is 7.05 Å². The van der Waals surface area contributed by atoms with Crippen LogP contribution >= 0.6 is 11.8 Å². The van der Waals surface area contributed by atoms with Crippen molar-refractivity contribution in [2.45, 2.75) is 4.90 Å². The third-order valence-electron chi connectivity index (χ3n) is 3.34. The van der Waals surface area contributed by atoms with E-state index in [-0.39, 0.29) is 0 Å². The molecule has 0 aliphatic heterocycles. The van der Waals surface area contributed by atoms with Crippen LogP contribution in [0.1, 0.15) is 0 Å². The van der Waals surface area contributed by atoms with Crippen molar-refractivity contribution in [1.29, 1.82) is 0 Å². The molecular weight excluding hydrogens is 238 g/mol. The molecule has 0 aliphatic carbocycles. The third-order valence-corrected chi connectivity index (χ3v) is 4.08. The van der Waals surface area contributed by atoms with Gasteiger partial charge in [0.15, 0.2) is 0 Å². The monoisotopic (exact) mass is 253 g/mol. The molecule has 2 aromatic carbocycles. The highest BCUT2D eigenvalue weighted by Crippen LogP contribution is 2.28. The van der Waals surface area contributed by atoms with Crippen molar-refractivity contribution in [1.82, 2.24) is 4.57 Å². The number of nitrogens with zero attached hydrogens (tertiary/aromatic N) is 1. The van der Waals surface area contributed by atoms with Crippen LogP contribution in [0.3, 0.4) is 0 Å².